The third-order valence-electron chi connectivity index (χ3n) is 6.70. The number of ether oxygens (including phenoxy) is 2. The maximum atomic E-state index is 6.02. The first-order valence-corrected chi connectivity index (χ1v) is 13.4. The van der Waals surface area contributed by atoms with E-state index in [0.717, 1.165) is 40.0 Å². The predicted molar refractivity (Wildman–Crippen MR) is 158 cm³/mol. The highest BCUT2D eigenvalue weighted by Crippen LogP contribution is 2.42. The molecule has 6 rings (SSSR count). The van der Waals surface area contributed by atoms with Crippen LogP contribution in [-0.4, -0.2) is 21.3 Å². The molecule has 1 fully saturated rings. The highest BCUT2D eigenvalue weighted by atomic mass is 32.1. The second kappa shape index (κ2) is 11.0. The number of pyridine rings is 1. The fraction of sp³-hybridized carbons (Fsp3) is 0.125. The van der Waals surface area contributed by atoms with Gasteiger partial charge in [-0.25, -0.2) is 0 Å². The molecule has 1 aliphatic heterocycles. The first kappa shape index (κ1) is 24.7. The van der Waals surface area contributed by atoms with Crippen molar-refractivity contribution >= 4 is 23.0 Å². The molecule has 0 radical (unpaired) electrons. The zero-order valence-electron chi connectivity index (χ0n) is 21.5. The molecule has 1 saturated heterocycles. The number of nitrogens with zero attached hydrogens (tertiary/aromatic N) is 3. The first-order valence-electron chi connectivity index (χ1n) is 13.0. The lowest BCUT2D eigenvalue weighted by molar-refractivity contribution is 0.340. The smallest absolute Gasteiger partial charge is 0.174 e. The molecule has 0 spiro atoms. The minimum absolute atomic E-state index is 0.143. The molecule has 0 amide bonds. The van der Waals surface area contributed by atoms with Gasteiger partial charge in [0.25, 0.3) is 0 Å². The molecular formula is C32H28N4O2S. The zero-order valence-corrected chi connectivity index (χ0v) is 22.3. The third kappa shape index (κ3) is 5.09. The fourth-order valence-corrected chi connectivity index (χ4v) is 5.32. The van der Waals surface area contributed by atoms with Crippen molar-refractivity contribution in [3.8, 4) is 22.9 Å². The minimum atomic E-state index is -0.144. The van der Waals surface area contributed by atoms with Crippen LogP contribution in [-0.2, 0) is 0 Å². The molecule has 0 unspecified atom stereocenters. The minimum Gasteiger partial charge on any atom is -0.494 e. The molecule has 3 heterocycles. The lowest BCUT2D eigenvalue weighted by Crippen LogP contribution is -2.30. The van der Waals surface area contributed by atoms with E-state index in [2.05, 4.69) is 50.2 Å². The average molecular weight is 533 g/mol. The Balaban J connectivity index is 1.38. The summed E-state index contributed by atoms with van der Waals surface area (Å²) in [5, 5.41) is 4.19. The second-order valence-electron chi connectivity index (χ2n) is 9.14. The van der Waals surface area contributed by atoms with E-state index in [1.165, 1.54) is 0 Å². The molecular weight excluding hydrogens is 504 g/mol. The normalized spacial score (nSPS) is 16.6. The standard InChI is InChI=1S/C32H28N4O2S/c1-2-37-25-17-13-23(14-18-25)35-22-8-12-29(35)31-30(28-11-6-7-21-33-28)34-32(39)36(31)24-15-19-27(20-16-24)38-26-9-4-3-5-10-26/h3-22,30-31H,2H2,1H3,(H,34,39)/t30-,31-/m1/s1. The first-order chi connectivity index (χ1) is 19.2. The van der Waals surface area contributed by atoms with Gasteiger partial charge in [-0.1, -0.05) is 24.3 Å². The molecule has 0 aliphatic carbocycles. The summed E-state index contributed by atoms with van der Waals surface area (Å²) in [6.07, 6.45) is 3.90. The van der Waals surface area contributed by atoms with E-state index in [1.54, 1.807) is 0 Å². The molecule has 194 valence electrons. The van der Waals surface area contributed by atoms with Gasteiger partial charge in [-0.2, -0.15) is 0 Å². The summed E-state index contributed by atoms with van der Waals surface area (Å²) in [7, 11) is 0. The number of hydrogen-bond acceptors (Lipinski definition) is 4. The Morgan fingerprint density at radius 1 is 0.769 bits per heavy atom. The topological polar surface area (TPSA) is 51.5 Å². The van der Waals surface area contributed by atoms with E-state index in [9.17, 15) is 0 Å². The summed E-state index contributed by atoms with van der Waals surface area (Å²) < 4.78 is 13.9. The van der Waals surface area contributed by atoms with Crippen molar-refractivity contribution in [2.75, 3.05) is 11.5 Å². The molecule has 1 aliphatic rings. The van der Waals surface area contributed by atoms with Crippen molar-refractivity contribution in [2.24, 2.45) is 0 Å². The van der Waals surface area contributed by atoms with Crippen molar-refractivity contribution in [1.29, 1.82) is 0 Å². The van der Waals surface area contributed by atoms with Gasteiger partial charge in [-0.15, -0.1) is 0 Å². The molecule has 0 bridgehead atoms. The van der Waals surface area contributed by atoms with E-state index in [4.69, 9.17) is 21.7 Å². The van der Waals surface area contributed by atoms with Gasteiger partial charge < -0.3 is 24.3 Å². The molecule has 5 aromatic rings. The monoisotopic (exact) mass is 532 g/mol. The van der Waals surface area contributed by atoms with Crippen molar-refractivity contribution < 1.29 is 9.47 Å². The molecule has 3 aromatic carbocycles. The largest absolute Gasteiger partial charge is 0.494 e. The van der Waals surface area contributed by atoms with Gasteiger partial charge >= 0.3 is 0 Å². The lowest BCUT2D eigenvalue weighted by Gasteiger charge is -2.29. The molecule has 0 saturated carbocycles. The quantitative estimate of drug-likeness (QED) is 0.213. The Morgan fingerprint density at radius 2 is 1.46 bits per heavy atom. The van der Waals surface area contributed by atoms with Gasteiger partial charge in [0.2, 0.25) is 0 Å². The van der Waals surface area contributed by atoms with Crippen molar-refractivity contribution in [2.45, 2.75) is 19.0 Å². The van der Waals surface area contributed by atoms with Crippen LogP contribution in [0.1, 0.15) is 30.4 Å². The van der Waals surface area contributed by atoms with Gasteiger partial charge in [-0.05, 0) is 104 Å². The second-order valence-corrected chi connectivity index (χ2v) is 9.52. The Kier molecular flexibility index (Phi) is 6.97. The van der Waals surface area contributed by atoms with Gasteiger partial charge in [0.1, 0.15) is 23.3 Å². The van der Waals surface area contributed by atoms with Crippen LogP contribution in [0.5, 0.6) is 17.2 Å². The number of hydrogen-bond donors (Lipinski definition) is 1. The maximum absolute atomic E-state index is 6.02. The van der Waals surface area contributed by atoms with E-state index >= 15 is 0 Å². The number of anilines is 1. The van der Waals surface area contributed by atoms with Crippen LogP contribution in [0.15, 0.2) is 122 Å². The number of benzene rings is 3. The van der Waals surface area contributed by atoms with E-state index in [0.29, 0.717) is 11.7 Å². The Bertz CT molecular complexity index is 1540. The van der Waals surface area contributed by atoms with Gasteiger partial charge in [-0.3, -0.25) is 4.98 Å². The summed E-state index contributed by atoms with van der Waals surface area (Å²) in [6, 6.07) is 35.9. The summed E-state index contributed by atoms with van der Waals surface area (Å²) >= 11 is 5.92. The molecule has 6 nitrogen and oxygen atoms in total. The highest BCUT2D eigenvalue weighted by Gasteiger charge is 2.42. The summed E-state index contributed by atoms with van der Waals surface area (Å²) in [5.41, 5.74) is 4.03. The highest BCUT2D eigenvalue weighted by molar-refractivity contribution is 7.80. The van der Waals surface area contributed by atoms with Crippen LogP contribution in [0.4, 0.5) is 5.69 Å². The number of nitrogens with one attached hydrogen (secondary N) is 1. The lowest BCUT2D eigenvalue weighted by atomic mass is 10.0. The number of rotatable bonds is 8. The number of para-hydroxylation sites is 1. The SMILES string of the molecule is CCOc1ccc(-n2cccc2[C@@H]2[C@@H](c3ccccn3)NC(=S)N2c2ccc(Oc3ccccc3)cc2)cc1. The summed E-state index contributed by atoms with van der Waals surface area (Å²) in [6.45, 7) is 2.62. The van der Waals surface area contributed by atoms with Crippen LogP contribution in [0.2, 0.25) is 0 Å². The van der Waals surface area contributed by atoms with E-state index in [-0.39, 0.29) is 12.1 Å². The Hall–Kier alpha value is -4.62. The van der Waals surface area contributed by atoms with Gasteiger partial charge in [0.05, 0.1) is 18.3 Å². The van der Waals surface area contributed by atoms with Gasteiger partial charge in [0.15, 0.2) is 5.11 Å². The molecule has 7 heteroatoms. The van der Waals surface area contributed by atoms with Crippen LogP contribution < -0.4 is 19.7 Å². The van der Waals surface area contributed by atoms with E-state index in [1.807, 2.05) is 98.0 Å². The number of thiocarbonyl (C=S) groups is 1. The molecule has 2 atom stereocenters. The Morgan fingerprint density at radius 3 is 2.18 bits per heavy atom. The summed E-state index contributed by atoms with van der Waals surface area (Å²) in [4.78, 5) is 6.85. The molecule has 2 aromatic heterocycles. The van der Waals surface area contributed by atoms with Crippen LogP contribution in [0, 0.1) is 0 Å². The van der Waals surface area contributed by atoms with Crippen molar-refractivity contribution in [3.05, 3.63) is 133 Å². The zero-order chi connectivity index (χ0) is 26.6. The van der Waals surface area contributed by atoms with Crippen molar-refractivity contribution in [1.82, 2.24) is 14.9 Å². The van der Waals surface area contributed by atoms with Crippen LogP contribution >= 0.6 is 12.2 Å². The summed E-state index contributed by atoms with van der Waals surface area (Å²) in [5.74, 6) is 2.41. The maximum Gasteiger partial charge on any atom is 0.174 e. The van der Waals surface area contributed by atoms with Crippen LogP contribution in [0.3, 0.4) is 0 Å². The number of aromatic nitrogens is 2. The van der Waals surface area contributed by atoms with Crippen molar-refractivity contribution in [3.63, 3.8) is 0 Å². The molecule has 1 N–H and O–H groups in total. The molecule has 39 heavy (non-hydrogen) atoms. The van der Waals surface area contributed by atoms with Crippen LogP contribution in [0.25, 0.3) is 5.69 Å². The Labute approximate surface area is 233 Å². The third-order valence-corrected chi connectivity index (χ3v) is 7.02. The van der Waals surface area contributed by atoms with Gasteiger partial charge in [0, 0.05) is 29.5 Å². The predicted octanol–water partition coefficient (Wildman–Crippen LogP) is 7.24. The average Bonchev–Trinajstić information content (AvgIpc) is 3.59. The van der Waals surface area contributed by atoms with E-state index < -0.39 is 0 Å². The fourth-order valence-electron chi connectivity index (χ4n) is 4.97.